The monoisotopic (exact) mass is 1390 g/mol. The van der Waals surface area contributed by atoms with E-state index in [9.17, 15) is 63.4 Å². The van der Waals surface area contributed by atoms with Gasteiger partial charge in [-0.1, -0.05) is 6.07 Å². The molecular formula is C72H93F10N9O7. The van der Waals surface area contributed by atoms with Gasteiger partial charge in [-0.2, -0.15) is 39.5 Å². The molecule has 6 aromatic rings. The van der Waals surface area contributed by atoms with Crippen molar-refractivity contribution in [2.45, 2.75) is 179 Å². The Morgan fingerprint density at radius 2 is 0.898 bits per heavy atom. The molecule has 0 saturated carbocycles. The average Bonchev–Trinajstić information content (AvgIpc) is 1.51. The average molecular weight is 1390 g/mol. The van der Waals surface area contributed by atoms with E-state index in [1.807, 2.05) is 60.8 Å². The van der Waals surface area contributed by atoms with Crippen molar-refractivity contribution in [2.24, 2.45) is 0 Å². The van der Waals surface area contributed by atoms with E-state index in [1.54, 1.807) is 90.9 Å². The molecule has 3 aromatic carbocycles. The lowest BCUT2D eigenvalue weighted by Crippen LogP contribution is -2.63. The van der Waals surface area contributed by atoms with E-state index < -0.39 is 69.2 Å². The van der Waals surface area contributed by atoms with E-state index in [0.29, 0.717) is 137 Å². The van der Waals surface area contributed by atoms with Crippen LogP contribution in [0.3, 0.4) is 0 Å². The van der Waals surface area contributed by atoms with Crippen LogP contribution in [0.5, 0.6) is 17.2 Å². The number of likely N-dealkylation sites (tertiary alicyclic amines) is 3. The summed E-state index contributed by atoms with van der Waals surface area (Å²) < 4.78 is 157. The van der Waals surface area contributed by atoms with Crippen molar-refractivity contribution < 1.29 is 80.5 Å². The number of methoxy groups -OCH3 is 1. The van der Waals surface area contributed by atoms with Crippen LogP contribution in [0, 0.1) is 12.7 Å². The van der Waals surface area contributed by atoms with Gasteiger partial charge in [-0.25, -0.2) is 4.39 Å². The fourth-order valence-corrected chi connectivity index (χ4v) is 15.4. The maximum absolute atomic E-state index is 14.3. The molecule has 12 rings (SSSR count). The maximum Gasteiger partial charge on any atom is 0.431 e. The molecule has 3 amide bonds. The van der Waals surface area contributed by atoms with E-state index in [4.69, 9.17) is 14.2 Å². The number of likely N-dealkylation sites (N-methyl/N-ethyl adjacent to an activating group) is 2. The number of benzene rings is 3. The van der Waals surface area contributed by atoms with Gasteiger partial charge in [0.15, 0.2) is 11.6 Å². The third-order valence-corrected chi connectivity index (χ3v) is 20.3. The van der Waals surface area contributed by atoms with Gasteiger partial charge >= 0.3 is 18.5 Å². The molecule has 538 valence electrons. The number of ether oxygens (including phenoxy) is 3. The number of fused-ring (bicyclic) bond motifs is 6. The van der Waals surface area contributed by atoms with Crippen LogP contribution in [-0.4, -0.2) is 152 Å². The SMILES string of the molecule is CC(C)Oc1ccc(C(=O)N2CCC3(CC2)c2ccc(C(F)(F)F)n2CCN3C)cc1F.COc1cc(C(=O)N2CCC3(CC2)c2ccc(C(F)(F)F)n2CCN3C)ccc1C(C)(C)O.Cc1cc(C(=O)N2CCC3(CC2)NC(C)(C)Cn2c(C(F)(F)F)ccc23)ccc1OC(C)C.[HH].[HH]. The molecule has 2 N–H and O–H groups in total. The number of rotatable bonds is 9. The standard InChI is InChI=1S/C25H32F3N3O2.C24H30F3N3O3.C23H27F4N3O2.2H2/c1-16(2)33-19-7-6-18(14-17(19)3)22(32)30-12-10-24(11-13-30)20-8-9-21(25(26,27)28)31(20)15-23(4,5)29-24;1-22(2,32)17-6-5-16(15-18(17)33-4)21(31)29-11-9-23(10-12-29)19-7-8-20(24(25,26)27)30(19)14-13-28(23)3;1-15(2)32-18-5-4-16(14-17(18)24)21(31)29-10-8-22(9-11-29)19-6-7-20(23(25,26)27)30(19)13-12-28(22)3;;/h6-9,14,16,29H,10-13,15H2,1-5H3;5-8,15,32H,9-14H2,1-4H3;4-7,14-15H,8-13H2,1-3H3;2*1H. The Morgan fingerprint density at radius 3 is 1.31 bits per heavy atom. The minimum Gasteiger partial charge on any atom is -0.496 e. The van der Waals surface area contributed by atoms with Crippen LogP contribution < -0.4 is 19.5 Å². The largest absolute Gasteiger partial charge is 0.496 e. The Bertz CT molecular complexity index is 3900. The van der Waals surface area contributed by atoms with Gasteiger partial charge in [0.2, 0.25) is 0 Å². The summed E-state index contributed by atoms with van der Waals surface area (Å²) in [6.45, 7) is 21.0. The number of nitrogens with one attached hydrogen (secondary N) is 1. The normalized spacial score (nSPS) is 19.1. The number of carbonyl (C=O) groups is 3. The van der Waals surface area contributed by atoms with Crippen LogP contribution in [0.15, 0.2) is 91.0 Å². The molecule has 3 fully saturated rings. The highest BCUT2D eigenvalue weighted by Gasteiger charge is 2.52. The molecule has 3 aromatic heterocycles. The highest BCUT2D eigenvalue weighted by Crippen LogP contribution is 2.48. The van der Waals surface area contributed by atoms with Gasteiger partial charge < -0.3 is 47.7 Å². The smallest absolute Gasteiger partial charge is 0.431 e. The number of aryl methyl sites for hydroxylation is 1. The first-order chi connectivity index (χ1) is 45.7. The second kappa shape index (κ2) is 27.2. The molecule has 0 atom stereocenters. The molecule has 0 aliphatic carbocycles. The number of hydrogen-bond donors (Lipinski definition) is 2. The predicted molar refractivity (Wildman–Crippen MR) is 353 cm³/mol. The van der Waals surface area contributed by atoms with Crippen molar-refractivity contribution in [3.63, 3.8) is 0 Å². The van der Waals surface area contributed by atoms with E-state index in [1.165, 1.54) is 45.1 Å². The van der Waals surface area contributed by atoms with E-state index >= 15 is 0 Å². The van der Waals surface area contributed by atoms with Crippen molar-refractivity contribution >= 4 is 17.7 Å². The van der Waals surface area contributed by atoms with Crippen molar-refractivity contribution in [3.05, 3.63) is 159 Å². The molecule has 6 aliphatic rings. The molecule has 0 unspecified atom stereocenters. The fraction of sp³-hybridized carbons (Fsp3) is 0.542. The topological polar surface area (TPSA) is 142 Å². The summed E-state index contributed by atoms with van der Waals surface area (Å²) in [5, 5.41) is 13.9. The lowest BCUT2D eigenvalue weighted by atomic mass is 9.79. The summed E-state index contributed by atoms with van der Waals surface area (Å²) in [7, 11) is 5.36. The number of aliphatic hydroxyl groups is 1. The molecule has 0 bridgehead atoms. The molecule has 26 heteroatoms. The predicted octanol–water partition coefficient (Wildman–Crippen LogP) is 13.9. The maximum atomic E-state index is 14.3. The van der Waals surface area contributed by atoms with Gasteiger partial charge in [0.25, 0.3) is 17.7 Å². The Balaban J connectivity index is 0.000000189. The first-order valence-electron chi connectivity index (χ1n) is 33.3. The lowest BCUT2D eigenvalue weighted by molar-refractivity contribution is -0.145. The van der Waals surface area contributed by atoms with Gasteiger partial charge in [0.1, 0.15) is 28.6 Å². The summed E-state index contributed by atoms with van der Waals surface area (Å²) in [4.78, 5) is 48.8. The summed E-state index contributed by atoms with van der Waals surface area (Å²) >= 11 is 0. The minimum absolute atomic E-state index is 0. The van der Waals surface area contributed by atoms with Crippen LogP contribution in [0.1, 0.15) is 173 Å². The number of hydrogen-bond acceptors (Lipinski definition) is 10. The number of nitrogens with zero attached hydrogens (tertiary/aromatic N) is 8. The number of carbonyl (C=O) groups excluding carboxylic acids is 3. The first-order valence-corrected chi connectivity index (χ1v) is 33.3. The molecule has 6 aliphatic heterocycles. The number of halogens is 10. The number of piperidine rings is 3. The second-order valence-corrected chi connectivity index (χ2v) is 28.5. The van der Waals surface area contributed by atoms with E-state index in [0.717, 1.165) is 17.4 Å². The van der Waals surface area contributed by atoms with Crippen LogP contribution in [0.25, 0.3) is 0 Å². The Hall–Kier alpha value is -7.55. The van der Waals surface area contributed by atoms with Crippen LogP contribution in [0.2, 0.25) is 0 Å². The van der Waals surface area contributed by atoms with Gasteiger partial charge in [0, 0.05) is 120 Å². The number of amides is 3. The minimum atomic E-state index is -4.40. The van der Waals surface area contributed by atoms with Crippen molar-refractivity contribution in [3.8, 4) is 17.2 Å². The molecule has 98 heavy (non-hydrogen) atoms. The second-order valence-electron chi connectivity index (χ2n) is 28.5. The van der Waals surface area contributed by atoms with E-state index in [2.05, 4.69) is 15.1 Å². The highest BCUT2D eigenvalue weighted by molar-refractivity contribution is 5.96. The van der Waals surface area contributed by atoms with Gasteiger partial charge in [-0.15, -0.1) is 0 Å². The summed E-state index contributed by atoms with van der Waals surface area (Å²) in [5.41, 5.74) is -0.381. The van der Waals surface area contributed by atoms with Crippen molar-refractivity contribution in [2.75, 3.05) is 73.6 Å². The van der Waals surface area contributed by atoms with Crippen LogP contribution in [0.4, 0.5) is 43.9 Å². The van der Waals surface area contributed by atoms with Crippen LogP contribution >= 0.6 is 0 Å². The summed E-state index contributed by atoms with van der Waals surface area (Å²) in [5.74, 6) is 0.183. The third-order valence-electron chi connectivity index (χ3n) is 20.3. The Kier molecular flexibility index (Phi) is 20.3. The zero-order valence-corrected chi connectivity index (χ0v) is 57.6. The van der Waals surface area contributed by atoms with Gasteiger partial charge in [-0.3, -0.25) is 29.5 Å². The molecule has 3 spiro atoms. The van der Waals surface area contributed by atoms with Gasteiger partial charge in [0.05, 0.1) is 41.5 Å². The highest BCUT2D eigenvalue weighted by atomic mass is 19.4. The van der Waals surface area contributed by atoms with Gasteiger partial charge in [-0.05, 0) is 205 Å². The molecule has 9 heterocycles. The van der Waals surface area contributed by atoms with Crippen LogP contribution in [-0.2, 0) is 60.4 Å². The molecule has 3 saturated heterocycles. The number of aromatic nitrogens is 3. The quantitative estimate of drug-likeness (QED) is 0.134. The first kappa shape index (κ1) is 73.2. The molecular weight excluding hydrogens is 1290 g/mol. The third kappa shape index (κ3) is 14.6. The fourth-order valence-electron chi connectivity index (χ4n) is 15.4. The van der Waals surface area contributed by atoms with Crippen molar-refractivity contribution in [1.29, 1.82) is 0 Å². The Labute approximate surface area is 568 Å². The zero-order valence-electron chi connectivity index (χ0n) is 57.6. The Morgan fingerprint density at radius 1 is 0.510 bits per heavy atom. The number of alkyl halides is 9. The summed E-state index contributed by atoms with van der Waals surface area (Å²) in [6.07, 6.45) is -10.1. The lowest BCUT2D eigenvalue weighted by Gasteiger charge is -2.51. The molecule has 16 nitrogen and oxygen atoms in total. The zero-order chi connectivity index (χ0) is 71.6. The van der Waals surface area contributed by atoms with E-state index in [-0.39, 0.29) is 57.2 Å². The van der Waals surface area contributed by atoms with Crippen molar-refractivity contribution in [1.82, 2.24) is 43.5 Å². The summed E-state index contributed by atoms with van der Waals surface area (Å²) in [6, 6.07) is 22.9. The molecule has 0 radical (unpaired) electrons.